The SMILES string of the molecule is Nc1ccnc(N2CCC([C@@H](N)c3cc(Cl)c(Cl)cc3OC(=O)C(F)(F)F)CC2)c1. The zero-order valence-electron chi connectivity index (χ0n) is 15.6. The molecule has 3 rings (SSSR count). The molecule has 0 unspecified atom stereocenters. The largest absolute Gasteiger partial charge is 0.491 e. The molecule has 0 radical (unpaired) electrons. The fourth-order valence-corrected chi connectivity index (χ4v) is 3.73. The number of alkyl halides is 3. The Hall–Kier alpha value is -2.23. The normalized spacial score (nSPS) is 16.4. The van der Waals surface area contributed by atoms with E-state index in [1.807, 2.05) is 0 Å². The topological polar surface area (TPSA) is 94.5 Å². The summed E-state index contributed by atoms with van der Waals surface area (Å²) in [6, 6.07) is 5.19. The van der Waals surface area contributed by atoms with Crippen molar-refractivity contribution in [2.75, 3.05) is 23.7 Å². The smallest absolute Gasteiger partial charge is 0.419 e. The lowest BCUT2D eigenvalue weighted by Gasteiger charge is -2.36. The summed E-state index contributed by atoms with van der Waals surface area (Å²) < 4.78 is 42.5. The molecule has 4 N–H and O–H groups in total. The number of ether oxygens (including phenoxy) is 1. The number of hydrogen-bond donors (Lipinski definition) is 2. The summed E-state index contributed by atoms with van der Waals surface area (Å²) in [4.78, 5) is 17.7. The average Bonchev–Trinajstić information content (AvgIpc) is 2.69. The van der Waals surface area contributed by atoms with E-state index in [1.165, 1.54) is 6.07 Å². The van der Waals surface area contributed by atoms with Crippen molar-refractivity contribution in [3.63, 3.8) is 0 Å². The first-order valence-corrected chi connectivity index (χ1v) is 9.82. The van der Waals surface area contributed by atoms with Crippen LogP contribution in [0.15, 0.2) is 30.5 Å². The fraction of sp³-hybridized carbons (Fsp3) is 0.368. The van der Waals surface area contributed by atoms with Gasteiger partial charge in [-0.05, 0) is 30.9 Å². The highest BCUT2D eigenvalue weighted by Gasteiger charge is 2.42. The Labute approximate surface area is 180 Å². The van der Waals surface area contributed by atoms with Crippen LogP contribution in [-0.2, 0) is 4.79 Å². The first-order chi connectivity index (χ1) is 14.1. The van der Waals surface area contributed by atoms with Gasteiger partial charge in [-0.2, -0.15) is 13.2 Å². The molecule has 1 fully saturated rings. The molecule has 1 aliphatic rings. The Morgan fingerprint density at radius 3 is 2.43 bits per heavy atom. The van der Waals surface area contributed by atoms with Crippen LogP contribution in [0, 0.1) is 5.92 Å². The van der Waals surface area contributed by atoms with Crippen LogP contribution in [-0.4, -0.2) is 30.2 Å². The Morgan fingerprint density at radius 1 is 1.20 bits per heavy atom. The van der Waals surface area contributed by atoms with Gasteiger partial charge in [-0.1, -0.05) is 23.2 Å². The predicted octanol–water partition coefficient (Wildman–Crippen LogP) is 4.35. The summed E-state index contributed by atoms with van der Waals surface area (Å²) in [6.45, 7) is 1.27. The van der Waals surface area contributed by atoms with Crippen molar-refractivity contribution in [2.45, 2.75) is 25.1 Å². The minimum atomic E-state index is -5.15. The van der Waals surface area contributed by atoms with Crippen LogP contribution in [0.3, 0.4) is 0 Å². The number of pyridine rings is 1. The van der Waals surface area contributed by atoms with E-state index in [4.69, 9.17) is 34.7 Å². The Bertz CT molecular complexity index is 934. The molecular formula is C19H19Cl2F3N4O2. The number of anilines is 2. The lowest BCUT2D eigenvalue weighted by atomic mass is 9.85. The molecule has 11 heteroatoms. The molecule has 6 nitrogen and oxygen atoms in total. The van der Waals surface area contributed by atoms with Gasteiger partial charge in [0, 0.05) is 48.7 Å². The molecule has 162 valence electrons. The highest BCUT2D eigenvalue weighted by Crippen LogP contribution is 2.39. The number of carbonyl (C=O) groups is 1. The maximum atomic E-state index is 12.6. The van der Waals surface area contributed by atoms with Crippen molar-refractivity contribution >= 4 is 40.7 Å². The molecule has 1 aromatic carbocycles. The summed E-state index contributed by atoms with van der Waals surface area (Å²) in [5, 5.41) is 0.0653. The average molecular weight is 463 g/mol. The Morgan fingerprint density at radius 2 is 1.83 bits per heavy atom. The van der Waals surface area contributed by atoms with E-state index in [1.54, 1.807) is 18.3 Å². The van der Waals surface area contributed by atoms with E-state index in [0.717, 1.165) is 11.9 Å². The predicted molar refractivity (Wildman–Crippen MR) is 109 cm³/mol. The zero-order chi connectivity index (χ0) is 22.1. The zero-order valence-corrected chi connectivity index (χ0v) is 17.1. The van der Waals surface area contributed by atoms with Crippen molar-refractivity contribution in [3.8, 4) is 5.75 Å². The lowest BCUT2D eigenvalue weighted by Crippen LogP contribution is -2.38. The first kappa shape index (κ1) is 22.5. The third kappa shape index (κ3) is 5.08. The number of esters is 1. The minimum Gasteiger partial charge on any atom is -0.419 e. The number of nitrogens with zero attached hydrogens (tertiary/aromatic N) is 2. The Balaban J connectivity index is 1.77. The molecule has 0 spiro atoms. The van der Waals surface area contributed by atoms with Gasteiger partial charge in [0.25, 0.3) is 0 Å². The highest BCUT2D eigenvalue weighted by atomic mass is 35.5. The van der Waals surface area contributed by atoms with Crippen LogP contribution in [0.2, 0.25) is 10.0 Å². The number of benzene rings is 1. The van der Waals surface area contributed by atoms with Crippen LogP contribution < -0.4 is 21.1 Å². The summed E-state index contributed by atoms with van der Waals surface area (Å²) in [5.74, 6) is -2.03. The number of rotatable bonds is 4. The summed E-state index contributed by atoms with van der Waals surface area (Å²) in [6.07, 6.45) is -2.24. The molecule has 0 aliphatic carbocycles. The number of halogens is 5. The molecule has 0 saturated carbocycles. The number of nitrogen functional groups attached to an aromatic ring is 1. The maximum Gasteiger partial charge on any atom is 0.491 e. The van der Waals surface area contributed by atoms with Crippen molar-refractivity contribution in [1.82, 2.24) is 4.98 Å². The van der Waals surface area contributed by atoms with Gasteiger partial charge in [0.05, 0.1) is 10.0 Å². The molecule has 0 bridgehead atoms. The number of piperidine rings is 1. The Kier molecular flexibility index (Phi) is 6.64. The van der Waals surface area contributed by atoms with Gasteiger partial charge in [0.15, 0.2) is 0 Å². The molecule has 1 aromatic heterocycles. The number of aromatic nitrogens is 1. The second kappa shape index (κ2) is 8.87. The van der Waals surface area contributed by atoms with E-state index in [9.17, 15) is 18.0 Å². The maximum absolute atomic E-state index is 12.6. The van der Waals surface area contributed by atoms with E-state index >= 15 is 0 Å². The van der Waals surface area contributed by atoms with Crippen LogP contribution in [0.5, 0.6) is 5.75 Å². The molecule has 2 aromatic rings. The van der Waals surface area contributed by atoms with Crippen molar-refractivity contribution in [2.24, 2.45) is 11.7 Å². The number of nitrogens with two attached hydrogens (primary N) is 2. The summed E-state index contributed by atoms with van der Waals surface area (Å²) >= 11 is 11.9. The van der Waals surface area contributed by atoms with Gasteiger partial charge in [0.2, 0.25) is 0 Å². The van der Waals surface area contributed by atoms with Gasteiger partial charge in [0.1, 0.15) is 11.6 Å². The third-order valence-electron chi connectivity index (χ3n) is 4.99. The molecule has 2 heterocycles. The number of carbonyl (C=O) groups excluding carboxylic acids is 1. The molecule has 1 saturated heterocycles. The van der Waals surface area contributed by atoms with Crippen molar-refractivity contribution < 1.29 is 22.7 Å². The van der Waals surface area contributed by atoms with E-state index in [0.29, 0.717) is 31.6 Å². The minimum absolute atomic E-state index is 0.0415. The van der Waals surface area contributed by atoms with E-state index in [-0.39, 0.29) is 27.3 Å². The van der Waals surface area contributed by atoms with Crippen molar-refractivity contribution in [3.05, 3.63) is 46.1 Å². The second-order valence-electron chi connectivity index (χ2n) is 6.99. The lowest BCUT2D eigenvalue weighted by molar-refractivity contribution is -0.189. The molecule has 30 heavy (non-hydrogen) atoms. The van der Waals surface area contributed by atoms with Crippen LogP contribution in [0.1, 0.15) is 24.4 Å². The highest BCUT2D eigenvalue weighted by molar-refractivity contribution is 6.42. The van der Waals surface area contributed by atoms with Crippen LogP contribution in [0.25, 0.3) is 0 Å². The summed E-state index contributed by atoms with van der Waals surface area (Å²) in [7, 11) is 0. The first-order valence-electron chi connectivity index (χ1n) is 9.06. The van der Waals surface area contributed by atoms with Gasteiger partial charge in [-0.25, -0.2) is 9.78 Å². The van der Waals surface area contributed by atoms with Gasteiger partial charge >= 0.3 is 12.1 Å². The van der Waals surface area contributed by atoms with Crippen LogP contribution in [0.4, 0.5) is 24.7 Å². The standard InChI is InChI=1S/C19H19Cl2F3N4O2/c20-13-8-12(15(9-14(13)21)30-18(29)19(22,23)24)17(26)10-2-5-28(6-3-10)16-7-11(25)1-4-27-16/h1,4,7-10,17H,2-3,5-6,26H2,(H2,25,27)/t17-/m1/s1. The second-order valence-corrected chi connectivity index (χ2v) is 7.80. The quantitative estimate of drug-likeness (QED) is 0.517. The fourth-order valence-electron chi connectivity index (χ4n) is 3.40. The van der Waals surface area contributed by atoms with Crippen LogP contribution >= 0.6 is 23.2 Å². The molecule has 1 atom stereocenters. The number of hydrogen-bond acceptors (Lipinski definition) is 6. The van der Waals surface area contributed by atoms with E-state index in [2.05, 4.69) is 14.6 Å². The van der Waals surface area contributed by atoms with Gasteiger partial charge in [-0.3, -0.25) is 0 Å². The molecule has 1 aliphatic heterocycles. The molecular weight excluding hydrogens is 444 g/mol. The van der Waals surface area contributed by atoms with Gasteiger partial charge in [-0.15, -0.1) is 0 Å². The van der Waals surface area contributed by atoms with Crippen molar-refractivity contribution in [1.29, 1.82) is 0 Å². The van der Waals surface area contributed by atoms with E-state index < -0.39 is 18.2 Å². The molecule has 0 amide bonds. The summed E-state index contributed by atoms with van der Waals surface area (Å²) in [5.41, 5.74) is 13.0. The third-order valence-corrected chi connectivity index (χ3v) is 5.71. The van der Waals surface area contributed by atoms with Gasteiger partial charge < -0.3 is 21.1 Å². The monoisotopic (exact) mass is 462 g/mol.